The van der Waals surface area contributed by atoms with Gasteiger partial charge in [0.25, 0.3) is 0 Å². The van der Waals surface area contributed by atoms with Crippen LogP contribution in [0.1, 0.15) is 0 Å². The number of hydrogen-bond acceptors (Lipinski definition) is 6. The summed E-state index contributed by atoms with van der Waals surface area (Å²) in [6, 6.07) is 2.85. The minimum atomic E-state index is -0.464. The summed E-state index contributed by atoms with van der Waals surface area (Å²) < 4.78 is 4.92. The summed E-state index contributed by atoms with van der Waals surface area (Å²) in [5.74, 6) is 1.46. The minimum Gasteiger partial charge on any atom is -0.481 e. The number of nitrogens with zero attached hydrogens (tertiary/aromatic N) is 2. The van der Waals surface area contributed by atoms with Gasteiger partial charge < -0.3 is 10.1 Å². The maximum absolute atomic E-state index is 10.7. The Morgan fingerprint density at radius 2 is 2.38 bits per heavy atom. The molecule has 7 heteroatoms. The Kier molecular flexibility index (Phi) is 4.84. The molecule has 0 aromatic carbocycles. The SMILES string of the molecule is COc1ccc([N+](=O)[O-])c(NCCSC)n1. The van der Waals surface area contributed by atoms with Crippen molar-refractivity contribution in [2.24, 2.45) is 0 Å². The normalized spacial score (nSPS) is 9.88. The summed E-state index contributed by atoms with van der Waals surface area (Å²) in [6.07, 6.45) is 1.97. The Hall–Kier alpha value is -1.50. The van der Waals surface area contributed by atoms with Gasteiger partial charge in [-0.15, -0.1) is 0 Å². The van der Waals surface area contributed by atoms with Gasteiger partial charge in [-0.2, -0.15) is 16.7 Å². The van der Waals surface area contributed by atoms with Gasteiger partial charge in [-0.25, -0.2) is 0 Å². The van der Waals surface area contributed by atoms with Crippen LogP contribution >= 0.6 is 11.8 Å². The van der Waals surface area contributed by atoms with E-state index in [1.54, 1.807) is 11.8 Å². The van der Waals surface area contributed by atoms with Crippen LogP contribution in [0.4, 0.5) is 11.5 Å². The quantitative estimate of drug-likeness (QED) is 0.466. The third-order valence-corrected chi connectivity index (χ3v) is 2.47. The highest BCUT2D eigenvalue weighted by molar-refractivity contribution is 7.98. The molecule has 0 spiro atoms. The Labute approximate surface area is 97.6 Å². The lowest BCUT2D eigenvalue weighted by atomic mass is 10.4. The fourth-order valence-electron chi connectivity index (χ4n) is 1.10. The average Bonchev–Trinajstić information content (AvgIpc) is 2.29. The van der Waals surface area contributed by atoms with Gasteiger partial charge in [-0.1, -0.05) is 0 Å². The van der Waals surface area contributed by atoms with Gasteiger partial charge in [0.2, 0.25) is 11.7 Å². The molecule has 6 nitrogen and oxygen atoms in total. The van der Waals surface area contributed by atoms with E-state index in [2.05, 4.69) is 10.3 Å². The highest BCUT2D eigenvalue weighted by Gasteiger charge is 2.15. The zero-order valence-corrected chi connectivity index (χ0v) is 9.91. The molecule has 0 amide bonds. The summed E-state index contributed by atoms with van der Waals surface area (Å²) >= 11 is 1.65. The molecule has 0 aliphatic rings. The molecule has 0 atom stereocenters. The van der Waals surface area contributed by atoms with Crippen LogP contribution in [0.3, 0.4) is 0 Å². The smallest absolute Gasteiger partial charge is 0.311 e. The van der Waals surface area contributed by atoms with Crippen molar-refractivity contribution < 1.29 is 9.66 Å². The number of ether oxygens (including phenoxy) is 1. The van der Waals surface area contributed by atoms with E-state index >= 15 is 0 Å². The Morgan fingerprint density at radius 3 is 2.94 bits per heavy atom. The van der Waals surface area contributed by atoms with Crippen LogP contribution in [0.25, 0.3) is 0 Å². The maximum Gasteiger partial charge on any atom is 0.311 e. The van der Waals surface area contributed by atoms with Gasteiger partial charge in [0.1, 0.15) is 0 Å². The number of methoxy groups -OCH3 is 1. The molecule has 88 valence electrons. The van der Waals surface area contributed by atoms with Gasteiger partial charge in [-0.3, -0.25) is 10.1 Å². The largest absolute Gasteiger partial charge is 0.481 e. The van der Waals surface area contributed by atoms with Crippen LogP contribution in [-0.2, 0) is 0 Å². The standard InChI is InChI=1S/C9H13N3O3S/c1-15-8-4-3-7(12(13)14)9(11-8)10-5-6-16-2/h3-4H,5-6H2,1-2H3,(H,10,11). The molecular formula is C9H13N3O3S. The van der Waals surface area contributed by atoms with Crippen LogP contribution in [-0.4, -0.2) is 35.6 Å². The first-order chi connectivity index (χ1) is 7.69. The lowest BCUT2D eigenvalue weighted by molar-refractivity contribution is -0.384. The predicted molar refractivity (Wildman–Crippen MR) is 64.3 cm³/mol. The first kappa shape index (κ1) is 12.6. The number of anilines is 1. The van der Waals surface area contributed by atoms with Gasteiger partial charge in [-0.05, 0) is 6.26 Å². The molecule has 1 rings (SSSR count). The van der Waals surface area contributed by atoms with Crippen LogP contribution in [0.2, 0.25) is 0 Å². The van der Waals surface area contributed by atoms with Crippen molar-refractivity contribution in [1.82, 2.24) is 4.98 Å². The van der Waals surface area contributed by atoms with E-state index < -0.39 is 4.92 Å². The van der Waals surface area contributed by atoms with Crippen LogP contribution in [0.5, 0.6) is 5.88 Å². The van der Waals surface area contributed by atoms with E-state index in [1.807, 2.05) is 6.26 Å². The molecule has 1 heterocycles. The third kappa shape index (κ3) is 3.27. The predicted octanol–water partition coefficient (Wildman–Crippen LogP) is 1.77. The molecule has 0 aliphatic heterocycles. The van der Waals surface area contributed by atoms with Gasteiger partial charge in [0, 0.05) is 24.4 Å². The molecule has 1 aromatic heterocycles. The summed E-state index contributed by atoms with van der Waals surface area (Å²) in [5.41, 5.74) is -0.0399. The van der Waals surface area contributed by atoms with Gasteiger partial charge >= 0.3 is 5.69 Å². The number of thioether (sulfide) groups is 1. The number of pyridine rings is 1. The minimum absolute atomic E-state index is 0.0399. The third-order valence-electron chi connectivity index (χ3n) is 1.85. The second-order valence-electron chi connectivity index (χ2n) is 2.90. The molecule has 0 aliphatic carbocycles. The van der Waals surface area contributed by atoms with Crippen molar-refractivity contribution in [3.05, 3.63) is 22.2 Å². The first-order valence-electron chi connectivity index (χ1n) is 4.61. The van der Waals surface area contributed by atoms with Crippen molar-refractivity contribution in [3.63, 3.8) is 0 Å². The molecule has 0 fully saturated rings. The highest BCUT2D eigenvalue weighted by Crippen LogP contribution is 2.24. The second kappa shape index (κ2) is 6.16. The molecule has 0 saturated heterocycles. The molecule has 0 unspecified atom stereocenters. The van der Waals surface area contributed by atoms with E-state index in [9.17, 15) is 10.1 Å². The van der Waals surface area contributed by atoms with Crippen LogP contribution < -0.4 is 10.1 Å². The first-order valence-corrected chi connectivity index (χ1v) is 6.00. The molecule has 1 N–H and O–H groups in total. The van der Waals surface area contributed by atoms with Crippen molar-refractivity contribution in [2.45, 2.75) is 0 Å². The molecule has 1 aromatic rings. The molecule has 0 saturated carbocycles. The topological polar surface area (TPSA) is 77.3 Å². The Morgan fingerprint density at radius 1 is 1.62 bits per heavy atom. The summed E-state index contributed by atoms with van der Waals surface area (Å²) in [4.78, 5) is 14.3. The van der Waals surface area contributed by atoms with Gasteiger partial charge in [0.05, 0.1) is 12.0 Å². The summed E-state index contributed by atoms with van der Waals surface area (Å²) in [6.45, 7) is 0.627. The Balaban J connectivity index is 2.87. The molecular weight excluding hydrogens is 230 g/mol. The zero-order chi connectivity index (χ0) is 12.0. The maximum atomic E-state index is 10.7. The van der Waals surface area contributed by atoms with Gasteiger partial charge in [0.15, 0.2) is 0 Å². The van der Waals surface area contributed by atoms with E-state index in [0.29, 0.717) is 12.4 Å². The van der Waals surface area contributed by atoms with Crippen molar-refractivity contribution >= 4 is 23.3 Å². The molecule has 0 bridgehead atoms. The molecule has 0 radical (unpaired) electrons. The van der Waals surface area contributed by atoms with Crippen molar-refractivity contribution in [3.8, 4) is 5.88 Å². The fraction of sp³-hybridized carbons (Fsp3) is 0.444. The lowest BCUT2D eigenvalue weighted by Gasteiger charge is -2.06. The average molecular weight is 243 g/mol. The van der Waals surface area contributed by atoms with Crippen molar-refractivity contribution in [2.75, 3.05) is 31.0 Å². The second-order valence-corrected chi connectivity index (χ2v) is 3.88. The number of nitrogens with one attached hydrogen (secondary N) is 1. The zero-order valence-electron chi connectivity index (χ0n) is 9.10. The van der Waals surface area contributed by atoms with E-state index in [1.165, 1.54) is 19.2 Å². The Bertz CT molecular complexity index is 373. The lowest BCUT2D eigenvalue weighted by Crippen LogP contribution is -2.08. The number of hydrogen-bond donors (Lipinski definition) is 1. The summed E-state index contributed by atoms with van der Waals surface area (Å²) in [7, 11) is 1.47. The summed E-state index contributed by atoms with van der Waals surface area (Å²) in [5, 5.41) is 13.7. The molecule has 16 heavy (non-hydrogen) atoms. The monoisotopic (exact) mass is 243 g/mol. The number of nitro groups is 1. The fourth-order valence-corrected chi connectivity index (χ4v) is 1.40. The van der Waals surface area contributed by atoms with E-state index in [0.717, 1.165) is 5.75 Å². The van der Waals surface area contributed by atoms with Crippen LogP contribution in [0.15, 0.2) is 12.1 Å². The van der Waals surface area contributed by atoms with Crippen LogP contribution in [0, 0.1) is 10.1 Å². The highest BCUT2D eigenvalue weighted by atomic mass is 32.2. The van der Waals surface area contributed by atoms with E-state index in [-0.39, 0.29) is 11.5 Å². The van der Waals surface area contributed by atoms with Crippen molar-refractivity contribution in [1.29, 1.82) is 0 Å². The number of rotatable bonds is 6. The van der Waals surface area contributed by atoms with E-state index in [4.69, 9.17) is 4.74 Å². The number of aromatic nitrogens is 1.